The summed E-state index contributed by atoms with van der Waals surface area (Å²) >= 11 is 0. The third kappa shape index (κ3) is 5.35. The summed E-state index contributed by atoms with van der Waals surface area (Å²) in [6.07, 6.45) is 8.10. The van der Waals surface area contributed by atoms with Gasteiger partial charge in [0.2, 0.25) is 0 Å². The third-order valence-electron chi connectivity index (χ3n) is 3.21. The predicted molar refractivity (Wildman–Crippen MR) is 79.3 cm³/mol. The van der Waals surface area contributed by atoms with E-state index in [0.717, 1.165) is 25.7 Å². The van der Waals surface area contributed by atoms with Crippen molar-refractivity contribution in [1.29, 1.82) is 0 Å². The lowest BCUT2D eigenvalue weighted by Gasteiger charge is -2.24. The molecule has 0 aromatic heterocycles. The van der Waals surface area contributed by atoms with Crippen molar-refractivity contribution >= 4 is 11.9 Å². The normalized spacial score (nSPS) is 11.6. The Hall–Kier alpha value is -1.32. The van der Waals surface area contributed by atoms with Gasteiger partial charge in [-0.25, -0.2) is 0 Å². The van der Waals surface area contributed by atoms with Crippen molar-refractivity contribution in [3.05, 3.63) is 12.2 Å². The Kier molecular flexibility index (Phi) is 9.77. The van der Waals surface area contributed by atoms with E-state index < -0.39 is 17.4 Å². The molecule has 0 saturated carbocycles. The van der Waals surface area contributed by atoms with Crippen LogP contribution in [0.2, 0.25) is 0 Å². The van der Waals surface area contributed by atoms with Gasteiger partial charge in [0.05, 0.1) is 13.2 Å². The molecule has 0 aliphatic rings. The summed E-state index contributed by atoms with van der Waals surface area (Å²) in [6.45, 7) is 7.90. The van der Waals surface area contributed by atoms with Gasteiger partial charge in [-0.2, -0.15) is 0 Å². The first-order valence-electron chi connectivity index (χ1n) is 7.61. The van der Waals surface area contributed by atoms with Gasteiger partial charge in [-0.3, -0.25) is 9.59 Å². The number of hydrogen-bond acceptors (Lipinski definition) is 4. The monoisotopic (exact) mass is 284 g/mol. The molecule has 116 valence electrons. The van der Waals surface area contributed by atoms with Crippen molar-refractivity contribution in [2.24, 2.45) is 5.41 Å². The molecule has 0 atom stereocenters. The largest absolute Gasteiger partial charge is 0.465 e. The van der Waals surface area contributed by atoms with Crippen LogP contribution < -0.4 is 0 Å². The van der Waals surface area contributed by atoms with Crippen LogP contribution in [0.3, 0.4) is 0 Å². The Labute approximate surface area is 122 Å². The maximum absolute atomic E-state index is 12.2. The van der Waals surface area contributed by atoms with Crippen molar-refractivity contribution in [1.82, 2.24) is 0 Å². The lowest BCUT2D eigenvalue weighted by Crippen LogP contribution is -2.40. The fourth-order valence-electron chi connectivity index (χ4n) is 1.94. The standard InChI is InChI=1S/C16H28O4/c1-5-9-10-11-12-13-16(6-2,14(17)19-7-3)15(18)20-8-4/h12-13H,5-11H2,1-4H3. The minimum atomic E-state index is -1.29. The molecular formula is C16H28O4. The van der Waals surface area contributed by atoms with E-state index in [1.54, 1.807) is 26.8 Å². The molecule has 4 nitrogen and oxygen atoms in total. The number of carbonyl (C=O) groups is 2. The van der Waals surface area contributed by atoms with Crippen molar-refractivity contribution in [3.63, 3.8) is 0 Å². The van der Waals surface area contributed by atoms with E-state index in [9.17, 15) is 9.59 Å². The summed E-state index contributed by atoms with van der Waals surface area (Å²) in [7, 11) is 0. The van der Waals surface area contributed by atoms with Crippen LogP contribution in [0.15, 0.2) is 12.2 Å². The molecule has 0 amide bonds. The zero-order chi connectivity index (χ0) is 15.4. The van der Waals surface area contributed by atoms with Crippen molar-refractivity contribution in [2.75, 3.05) is 13.2 Å². The highest BCUT2D eigenvalue weighted by Gasteiger charge is 2.44. The van der Waals surface area contributed by atoms with Crippen LogP contribution in [0.1, 0.15) is 59.8 Å². The van der Waals surface area contributed by atoms with E-state index in [0.29, 0.717) is 6.42 Å². The summed E-state index contributed by atoms with van der Waals surface area (Å²) in [5.74, 6) is -1.04. The molecule has 0 fully saturated rings. The fraction of sp³-hybridized carbons (Fsp3) is 0.750. The molecule has 0 aliphatic heterocycles. The molecule has 0 spiro atoms. The predicted octanol–water partition coefficient (Wildman–Crippen LogP) is 3.65. The van der Waals surface area contributed by atoms with Gasteiger partial charge in [0.1, 0.15) is 0 Å². The van der Waals surface area contributed by atoms with E-state index >= 15 is 0 Å². The minimum absolute atomic E-state index is 0.254. The molecule has 0 heterocycles. The number of unbranched alkanes of at least 4 members (excludes halogenated alkanes) is 3. The van der Waals surface area contributed by atoms with Crippen molar-refractivity contribution in [2.45, 2.75) is 59.8 Å². The van der Waals surface area contributed by atoms with Gasteiger partial charge >= 0.3 is 11.9 Å². The fourth-order valence-corrected chi connectivity index (χ4v) is 1.94. The number of carbonyl (C=O) groups excluding carboxylic acids is 2. The van der Waals surface area contributed by atoms with Gasteiger partial charge in [0.15, 0.2) is 5.41 Å². The second-order valence-corrected chi connectivity index (χ2v) is 4.66. The lowest BCUT2D eigenvalue weighted by atomic mass is 9.84. The number of allylic oxidation sites excluding steroid dienone is 1. The topological polar surface area (TPSA) is 52.6 Å². The number of esters is 2. The molecule has 0 N–H and O–H groups in total. The van der Waals surface area contributed by atoms with Crippen LogP contribution in [0.5, 0.6) is 0 Å². The SMILES string of the molecule is CCCCCC=CC(CC)(C(=O)OCC)C(=O)OCC. The zero-order valence-electron chi connectivity index (χ0n) is 13.2. The van der Waals surface area contributed by atoms with E-state index in [1.165, 1.54) is 0 Å². The number of rotatable bonds is 10. The first-order chi connectivity index (χ1) is 9.58. The summed E-state index contributed by atoms with van der Waals surface area (Å²) in [6, 6.07) is 0. The van der Waals surface area contributed by atoms with Gasteiger partial charge in [0, 0.05) is 0 Å². The molecule has 0 saturated heterocycles. The molecule has 0 rings (SSSR count). The Bertz CT molecular complexity index is 302. The molecule has 0 unspecified atom stereocenters. The molecule has 20 heavy (non-hydrogen) atoms. The second-order valence-electron chi connectivity index (χ2n) is 4.66. The van der Waals surface area contributed by atoms with Crippen LogP contribution >= 0.6 is 0 Å². The Morgan fingerprint density at radius 2 is 1.50 bits per heavy atom. The molecular weight excluding hydrogens is 256 g/mol. The Balaban J connectivity index is 5.00. The Morgan fingerprint density at radius 1 is 0.950 bits per heavy atom. The quantitative estimate of drug-likeness (QED) is 0.266. The first-order valence-corrected chi connectivity index (χ1v) is 7.61. The third-order valence-corrected chi connectivity index (χ3v) is 3.21. The van der Waals surface area contributed by atoms with Crippen LogP contribution in [-0.2, 0) is 19.1 Å². The van der Waals surface area contributed by atoms with Gasteiger partial charge in [-0.1, -0.05) is 38.8 Å². The first kappa shape index (κ1) is 18.7. The van der Waals surface area contributed by atoms with Gasteiger partial charge in [-0.15, -0.1) is 0 Å². The van der Waals surface area contributed by atoms with Crippen LogP contribution in [0.4, 0.5) is 0 Å². The van der Waals surface area contributed by atoms with E-state index in [2.05, 4.69) is 6.92 Å². The average molecular weight is 284 g/mol. The van der Waals surface area contributed by atoms with Gasteiger partial charge in [-0.05, 0) is 33.1 Å². The maximum Gasteiger partial charge on any atom is 0.327 e. The highest BCUT2D eigenvalue weighted by molar-refractivity contribution is 6.02. The summed E-state index contributed by atoms with van der Waals surface area (Å²) in [4.78, 5) is 24.3. The smallest absolute Gasteiger partial charge is 0.327 e. The maximum atomic E-state index is 12.2. The molecule has 0 aromatic carbocycles. The van der Waals surface area contributed by atoms with Crippen LogP contribution in [0, 0.1) is 5.41 Å². The van der Waals surface area contributed by atoms with Crippen molar-refractivity contribution in [3.8, 4) is 0 Å². The van der Waals surface area contributed by atoms with Crippen LogP contribution in [-0.4, -0.2) is 25.2 Å². The zero-order valence-corrected chi connectivity index (χ0v) is 13.2. The summed E-state index contributed by atoms with van der Waals surface area (Å²) in [5.41, 5.74) is -1.29. The molecule has 0 aromatic rings. The van der Waals surface area contributed by atoms with E-state index in [-0.39, 0.29) is 13.2 Å². The highest BCUT2D eigenvalue weighted by atomic mass is 16.6. The highest BCUT2D eigenvalue weighted by Crippen LogP contribution is 2.28. The molecule has 0 aliphatic carbocycles. The Morgan fingerprint density at radius 3 is 1.90 bits per heavy atom. The van der Waals surface area contributed by atoms with Crippen molar-refractivity contribution < 1.29 is 19.1 Å². The molecule has 4 heteroatoms. The van der Waals surface area contributed by atoms with Crippen LogP contribution in [0.25, 0.3) is 0 Å². The average Bonchev–Trinajstić information content (AvgIpc) is 2.43. The van der Waals surface area contributed by atoms with Gasteiger partial charge < -0.3 is 9.47 Å². The lowest BCUT2D eigenvalue weighted by molar-refractivity contribution is -0.168. The second kappa shape index (κ2) is 10.5. The summed E-state index contributed by atoms with van der Waals surface area (Å²) < 4.78 is 10.1. The van der Waals surface area contributed by atoms with E-state index in [1.807, 2.05) is 6.08 Å². The van der Waals surface area contributed by atoms with Gasteiger partial charge in [0.25, 0.3) is 0 Å². The number of hydrogen-bond donors (Lipinski definition) is 0. The minimum Gasteiger partial charge on any atom is -0.465 e. The molecule has 0 bridgehead atoms. The molecule has 0 radical (unpaired) electrons. The summed E-state index contributed by atoms with van der Waals surface area (Å²) in [5, 5.41) is 0. The van der Waals surface area contributed by atoms with E-state index in [4.69, 9.17) is 9.47 Å². The number of ether oxygens (including phenoxy) is 2.